The number of nitrogens with one attached hydrogen (secondary N) is 1. The number of carbonyl (C=O) groups is 1. The Balaban J connectivity index is 2.55. The first-order valence-electron chi connectivity index (χ1n) is 7.17. The molecule has 1 aromatic rings. The fourth-order valence-electron chi connectivity index (χ4n) is 1.73. The van der Waals surface area contributed by atoms with Gasteiger partial charge in [0.05, 0.1) is 5.71 Å². The van der Waals surface area contributed by atoms with Crippen molar-refractivity contribution in [3.8, 4) is 5.75 Å². The van der Waals surface area contributed by atoms with Crippen LogP contribution in [0.25, 0.3) is 0 Å². The average Bonchev–Trinajstić information content (AvgIpc) is 2.47. The van der Waals surface area contributed by atoms with E-state index >= 15 is 0 Å². The highest BCUT2D eigenvalue weighted by molar-refractivity contribution is 6.00. The standard InChI is InChI=1S/C16H24N2O3/c1-5-14(18-20)12-7-9-13(10-8-12)21-11-15(19)17-16(3,4)6-2/h7-10,20H,5-6,11H2,1-4H3,(H,17,19). The zero-order chi connectivity index (χ0) is 15.9. The molecule has 0 saturated carbocycles. The normalized spacial score (nSPS) is 12.1. The molecule has 0 aliphatic rings. The Hall–Kier alpha value is -2.04. The Kier molecular flexibility index (Phi) is 6.21. The van der Waals surface area contributed by atoms with Crippen LogP contribution in [0.2, 0.25) is 0 Å². The van der Waals surface area contributed by atoms with E-state index in [9.17, 15) is 4.79 Å². The maximum Gasteiger partial charge on any atom is 0.258 e. The van der Waals surface area contributed by atoms with E-state index in [0.717, 1.165) is 12.0 Å². The van der Waals surface area contributed by atoms with Gasteiger partial charge in [0.1, 0.15) is 5.75 Å². The number of hydrogen-bond donors (Lipinski definition) is 2. The quantitative estimate of drug-likeness (QED) is 0.461. The summed E-state index contributed by atoms with van der Waals surface area (Å²) in [5, 5.41) is 15.0. The summed E-state index contributed by atoms with van der Waals surface area (Å²) < 4.78 is 5.45. The van der Waals surface area contributed by atoms with Crippen molar-refractivity contribution in [3.63, 3.8) is 0 Å². The van der Waals surface area contributed by atoms with Crippen LogP contribution in [0.3, 0.4) is 0 Å². The molecule has 0 aliphatic carbocycles. The molecule has 5 heteroatoms. The predicted molar refractivity (Wildman–Crippen MR) is 83.1 cm³/mol. The van der Waals surface area contributed by atoms with Crippen molar-refractivity contribution < 1.29 is 14.7 Å². The summed E-state index contributed by atoms with van der Waals surface area (Å²) in [6, 6.07) is 7.13. The summed E-state index contributed by atoms with van der Waals surface area (Å²) in [6.45, 7) is 7.87. The van der Waals surface area contributed by atoms with Gasteiger partial charge < -0.3 is 15.3 Å². The lowest BCUT2D eigenvalue weighted by Crippen LogP contribution is -2.44. The van der Waals surface area contributed by atoms with Crippen LogP contribution in [0.5, 0.6) is 5.75 Å². The summed E-state index contributed by atoms with van der Waals surface area (Å²) >= 11 is 0. The highest BCUT2D eigenvalue weighted by Crippen LogP contribution is 2.14. The van der Waals surface area contributed by atoms with E-state index in [4.69, 9.17) is 9.94 Å². The number of rotatable bonds is 7. The molecule has 0 fully saturated rings. The van der Waals surface area contributed by atoms with Gasteiger partial charge in [0, 0.05) is 5.54 Å². The molecule has 0 heterocycles. The SMILES string of the molecule is CCC(=NO)c1ccc(OCC(=O)NC(C)(C)CC)cc1. The first kappa shape index (κ1) is 17.0. The van der Waals surface area contributed by atoms with Crippen LogP contribution in [-0.2, 0) is 4.79 Å². The van der Waals surface area contributed by atoms with Crippen molar-refractivity contribution in [2.24, 2.45) is 5.16 Å². The van der Waals surface area contributed by atoms with Crippen molar-refractivity contribution >= 4 is 11.6 Å². The Bertz CT molecular complexity index is 493. The minimum Gasteiger partial charge on any atom is -0.484 e. The topological polar surface area (TPSA) is 70.9 Å². The highest BCUT2D eigenvalue weighted by Gasteiger charge is 2.17. The number of nitrogens with zero attached hydrogens (tertiary/aromatic N) is 1. The molecule has 0 atom stereocenters. The molecule has 0 aromatic heterocycles. The third-order valence-electron chi connectivity index (χ3n) is 3.37. The maximum atomic E-state index is 11.8. The number of hydrogen-bond acceptors (Lipinski definition) is 4. The van der Waals surface area contributed by atoms with Crippen LogP contribution in [0.15, 0.2) is 29.4 Å². The zero-order valence-electron chi connectivity index (χ0n) is 13.1. The summed E-state index contributed by atoms with van der Waals surface area (Å²) in [5.41, 5.74) is 1.23. The molecule has 1 aromatic carbocycles. The lowest BCUT2D eigenvalue weighted by Gasteiger charge is -2.24. The molecule has 0 unspecified atom stereocenters. The van der Waals surface area contributed by atoms with Gasteiger partial charge in [-0.15, -0.1) is 0 Å². The average molecular weight is 292 g/mol. The van der Waals surface area contributed by atoms with E-state index in [1.807, 2.05) is 39.8 Å². The minimum absolute atomic E-state index is 0.0164. The van der Waals surface area contributed by atoms with Crippen molar-refractivity contribution in [1.29, 1.82) is 0 Å². The fourth-order valence-corrected chi connectivity index (χ4v) is 1.73. The van der Waals surface area contributed by atoms with E-state index in [1.165, 1.54) is 0 Å². The Labute approximate surface area is 126 Å². The van der Waals surface area contributed by atoms with Gasteiger partial charge >= 0.3 is 0 Å². The molecule has 1 rings (SSSR count). The summed E-state index contributed by atoms with van der Waals surface area (Å²) in [6.07, 6.45) is 1.50. The summed E-state index contributed by atoms with van der Waals surface area (Å²) in [4.78, 5) is 11.8. The second kappa shape index (κ2) is 7.67. The molecule has 116 valence electrons. The summed E-state index contributed by atoms with van der Waals surface area (Å²) in [5.74, 6) is 0.466. The van der Waals surface area contributed by atoms with Crippen LogP contribution < -0.4 is 10.1 Å². The smallest absolute Gasteiger partial charge is 0.258 e. The Morgan fingerprint density at radius 3 is 2.38 bits per heavy atom. The van der Waals surface area contributed by atoms with Crippen LogP contribution in [-0.4, -0.2) is 29.0 Å². The van der Waals surface area contributed by atoms with E-state index in [0.29, 0.717) is 17.9 Å². The predicted octanol–water partition coefficient (Wildman–Crippen LogP) is 2.96. The zero-order valence-corrected chi connectivity index (χ0v) is 13.1. The second-order valence-corrected chi connectivity index (χ2v) is 5.50. The van der Waals surface area contributed by atoms with Gasteiger partial charge in [-0.3, -0.25) is 4.79 Å². The molecular weight excluding hydrogens is 268 g/mol. The molecule has 21 heavy (non-hydrogen) atoms. The number of carbonyl (C=O) groups excluding carboxylic acids is 1. The van der Waals surface area contributed by atoms with Gasteiger partial charge in [-0.2, -0.15) is 0 Å². The molecule has 0 aliphatic heterocycles. The molecular formula is C16H24N2O3. The molecule has 0 spiro atoms. The van der Waals surface area contributed by atoms with E-state index < -0.39 is 0 Å². The Morgan fingerprint density at radius 2 is 1.90 bits per heavy atom. The lowest BCUT2D eigenvalue weighted by molar-refractivity contribution is -0.124. The first-order valence-corrected chi connectivity index (χ1v) is 7.17. The fraction of sp³-hybridized carbons (Fsp3) is 0.500. The van der Waals surface area contributed by atoms with E-state index in [-0.39, 0.29) is 18.1 Å². The lowest BCUT2D eigenvalue weighted by atomic mass is 10.0. The van der Waals surface area contributed by atoms with Crippen molar-refractivity contribution in [1.82, 2.24) is 5.32 Å². The van der Waals surface area contributed by atoms with Gasteiger partial charge in [-0.1, -0.05) is 19.0 Å². The Morgan fingerprint density at radius 1 is 1.29 bits per heavy atom. The van der Waals surface area contributed by atoms with Crippen LogP contribution in [0.1, 0.15) is 46.1 Å². The number of oxime groups is 1. The summed E-state index contributed by atoms with van der Waals surface area (Å²) in [7, 11) is 0. The molecule has 1 amide bonds. The van der Waals surface area contributed by atoms with Gasteiger partial charge in [0.2, 0.25) is 0 Å². The third-order valence-corrected chi connectivity index (χ3v) is 3.37. The monoisotopic (exact) mass is 292 g/mol. The van der Waals surface area contributed by atoms with Gasteiger partial charge in [-0.05, 0) is 56.5 Å². The molecule has 0 bridgehead atoms. The van der Waals surface area contributed by atoms with Gasteiger partial charge in [0.25, 0.3) is 5.91 Å². The van der Waals surface area contributed by atoms with Crippen molar-refractivity contribution in [2.45, 2.75) is 46.1 Å². The molecule has 5 nitrogen and oxygen atoms in total. The van der Waals surface area contributed by atoms with Crippen molar-refractivity contribution in [3.05, 3.63) is 29.8 Å². The first-order chi connectivity index (χ1) is 9.91. The van der Waals surface area contributed by atoms with Crippen molar-refractivity contribution in [2.75, 3.05) is 6.61 Å². The third kappa shape index (κ3) is 5.45. The molecule has 2 N–H and O–H groups in total. The molecule has 0 saturated heterocycles. The number of ether oxygens (including phenoxy) is 1. The van der Waals surface area contributed by atoms with E-state index in [2.05, 4.69) is 10.5 Å². The van der Waals surface area contributed by atoms with Crippen LogP contribution >= 0.6 is 0 Å². The largest absolute Gasteiger partial charge is 0.484 e. The maximum absolute atomic E-state index is 11.8. The van der Waals surface area contributed by atoms with Crippen LogP contribution in [0, 0.1) is 0 Å². The number of benzene rings is 1. The second-order valence-electron chi connectivity index (χ2n) is 5.50. The highest BCUT2D eigenvalue weighted by atomic mass is 16.5. The van der Waals surface area contributed by atoms with Gasteiger partial charge in [0.15, 0.2) is 6.61 Å². The molecule has 0 radical (unpaired) electrons. The number of amides is 1. The minimum atomic E-state index is -0.224. The van der Waals surface area contributed by atoms with Gasteiger partial charge in [-0.25, -0.2) is 0 Å². The van der Waals surface area contributed by atoms with E-state index in [1.54, 1.807) is 12.1 Å². The van der Waals surface area contributed by atoms with Crippen LogP contribution in [0.4, 0.5) is 0 Å².